The van der Waals surface area contributed by atoms with E-state index in [0.717, 1.165) is 33.5 Å². The molecule has 0 aliphatic rings. The van der Waals surface area contributed by atoms with Gasteiger partial charge in [0.1, 0.15) is 11.6 Å². The summed E-state index contributed by atoms with van der Waals surface area (Å²) in [5.41, 5.74) is -1.16. The van der Waals surface area contributed by atoms with Crippen LogP contribution in [0.25, 0.3) is 0 Å². The molecular formula is C12H15F2O5P. The molecule has 1 unspecified atom stereocenters. The third-order valence-electron chi connectivity index (χ3n) is 2.72. The maximum absolute atomic E-state index is 13.1. The van der Waals surface area contributed by atoms with Crippen LogP contribution >= 0.6 is 7.60 Å². The lowest BCUT2D eigenvalue weighted by Crippen LogP contribution is -2.26. The van der Waals surface area contributed by atoms with Gasteiger partial charge in [0.25, 0.3) is 0 Å². The minimum absolute atomic E-state index is 0.146. The standard InChI is InChI=1S/C12H15F2O5P/c1-17-12(15)11(20(16,18-2)19-3)6-8-4-9(13)7-10(14)5-8/h4-5,7,11H,6H2,1-3H3. The monoisotopic (exact) mass is 308 g/mol. The molecule has 1 aromatic rings. The summed E-state index contributed by atoms with van der Waals surface area (Å²) in [4.78, 5) is 11.7. The van der Waals surface area contributed by atoms with E-state index in [4.69, 9.17) is 9.05 Å². The van der Waals surface area contributed by atoms with Crippen LogP contribution in [-0.2, 0) is 29.6 Å². The number of carbonyl (C=O) groups excluding carboxylic acids is 1. The Labute approximate surface area is 115 Å². The first-order valence-electron chi connectivity index (χ1n) is 5.60. The zero-order chi connectivity index (χ0) is 15.3. The van der Waals surface area contributed by atoms with Crippen molar-refractivity contribution in [2.45, 2.75) is 12.1 Å². The van der Waals surface area contributed by atoms with Crippen LogP contribution in [0.1, 0.15) is 5.56 Å². The predicted molar refractivity (Wildman–Crippen MR) is 67.5 cm³/mol. The number of ether oxygens (including phenoxy) is 1. The zero-order valence-electron chi connectivity index (χ0n) is 11.3. The van der Waals surface area contributed by atoms with Crippen molar-refractivity contribution in [1.82, 2.24) is 0 Å². The highest BCUT2D eigenvalue weighted by Crippen LogP contribution is 2.53. The highest BCUT2D eigenvalue weighted by Gasteiger charge is 2.41. The Bertz CT molecular complexity index is 506. The van der Waals surface area contributed by atoms with Crippen molar-refractivity contribution in [3.63, 3.8) is 0 Å². The average Bonchev–Trinajstić information content (AvgIpc) is 2.42. The van der Waals surface area contributed by atoms with Gasteiger partial charge in [-0.2, -0.15) is 0 Å². The maximum atomic E-state index is 13.1. The highest BCUT2D eigenvalue weighted by molar-refractivity contribution is 7.55. The van der Waals surface area contributed by atoms with E-state index in [9.17, 15) is 18.1 Å². The van der Waals surface area contributed by atoms with Crippen molar-refractivity contribution in [3.05, 3.63) is 35.4 Å². The molecule has 8 heteroatoms. The molecule has 0 N–H and O–H groups in total. The van der Waals surface area contributed by atoms with Gasteiger partial charge in [-0.05, 0) is 24.1 Å². The molecule has 0 heterocycles. The molecule has 0 saturated carbocycles. The fourth-order valence-electron chi connectivity index (χ4n) is 1.74. The Morgan fingerprint density at radius 1 is 1.15 bits per heavy atom. The molecule has 0 amide bonds. The first-order valence-corrected chi connectivity index (χ1v) is 7.21. The minimum atomic E-state index is -3.78. The summed E-state index contributed by atoms with van der Waals surface area (Å²) in [7, 11) is -0.436. The quantitative estimate of drug-likeness (QED) is 0.597. The van der Waals surface area contributed by atoms with Crippen molar-refractivity contribution >= 4 is 13.6 Å². The summed E-state index contributed by atoms with van der Waals surface area (Å²) < 4.78 is 52.6. The van der Waals surface area contributed by atoms with Crippen LogP contribution in [0.5, 0.6) is 0 Å². The molecular weight excluding hydrogens is 293 g/mol. The van der Waals surface area contributed by atoms with Crippen LogP contribution in [-0.4, -0.2) is 33.0 Å². The van der Waals surface area contributed by atoms with Crippen molar-refractivity contribution in [3.8, 4) is 0 Å². The SMILES string of the molecule is COC(=O)C(Cc1cc(F)cc(F)c1)P(=O)(OC)OC. The fraction of sp³-hybridized carbons (Fsp3) is 0.417. The second-order valence-corrected chi connectivity index (χ2v) is 6.36. The van der Waals surface area contributed by atoms with Crippen molar-refractivity contribution in [1.29, 1.82) is 0 Å². The molecule has 1 aromatic carbocycles. The van der Waals surface area contributed by atoms with Gasteiger partial charge >= 0.3 is 13.6 Å². The lowest BCUT2D eigenvalue weighted by atomic mass is 10.1. The predicted octanol–water partition coefficient (Wildman–Crippen LogP) is 2.53. The van der Waals surface area contributed by atoms with Gasteiger partial charge in [0, 0.05) is 20.3 Å². The molecule has 0 fully saturated rings. The van der Waals surface area contributed by atoms with E-state index in [1.54, 1.807) is 0 Å². The summed E-state index contributed by atoms with van der Waals surface area (Å²) in [5, 5.41) is 0. The maximum Gasteiger partial charge on any atom is 0.344 e. The summed E-state index contributed by atoms with van der Waals surface area (Å²) in [6, 6.07) is 2.77. The summed E-state index contributed by atoms with van der Waals surface area (Å²) in [6.45, 7) is 0. The minimum Gasteiger partial charge on any atom is -0.468 e. The van der Waals surface area contributed by atoms with Gasteiger partial charge in [0.15, 0.2) is 5.66 Å². The number of benzene rings is 1. The molecule has 5 nitrogen and oxygen atoms in total. The van der Waals surface area contributed by atoms with Gasteiger partial charge in [0.05, 0.1) is 7.11 Å². The summed E-state index contributed by atoms with van der Waals surface area (Å²) in [6.07, 6.45) is -0.236. The van der Waals surface area contributed by atoms with Crippen LogP contribution in [0, 0.1) is 11.6 Å². The Morgan fingerprint density at radius 2 is 1.65 bits per heavy atom. The highest BCUT2D eigenvalue weighted by atomic mass is 31.2. The Morgan fingerprint density at radius 3 is 2.05 bits per heavy atom. The van der Waals surface area contributed by atoms with E-state index < -0.39 is 30.9 Å². The first kappa shape index (κ1) is 16.8. The molecule has 0 aliphatic carbocycles. The molecule has 0 spiro atoms. The van der Waals surface area contributed by atoms with E-state index in [-0.39, 0.29) is 12.0 Å². The topological polar surface area (TPSA) is 61.8 Å². The Hall–Kier alpha value is -1.30. The molecule has 0 bridgehead atoms. The van der Waals surface area contributed by atoms with Crippen LogP contribution in [0.2, 0.25) is 0 Å². The molecule has 20 heavy (non-hydrogen) atoms. The van der Waals surface area contributed by atoms with Crippen LogP contribution in [0.15, 0.2) is 18.2 Å². The fourth-order valence-corrected chi connectivity index (χ4v) is 3.20. The number of hydrogen-bond donors (Lipinski definition) is 0. The number of halogens is 2. The molecule has 0 aromatic heterocycles. The third kappa shape index (κ3) is 3.85. The van der Waals surface area contributed by atoms with Crippen LogP contribution < -0.4 is 0 Å². The zero-order valence-corrected chi connectivity index (χ0v) is 12.2. The summed E-state index contributed by atoms with van der Waals surface area (Å²) in [5.74, 6) is -2.44. The Kier molecular flexibility index (Phi) is 5.80. The number of esters is 1. The normalized spacial score (nSPS) is 13.1. The number of methoxy groups -OCH3 is 1. The smallest absolute Gasteiger partial charge is 0.344 e. The lowest BCUT2D eigenvalue weighted by molar-refractivity contribution is -0.140. The van der Waals surface area contributed by atoms with E-state index >= 15 is 0 Å². The summed E-state index contributed by atoms with van der Waals surface area (Å²) >= 11 is 0. The van der Waals surface area contributed by atoms with E-state index in [2.05, 4.69) is 4.74 Å². The Balaban J connectivity index is 3.13. The lowest BCUT2D eigenvalue weighted by Gasteiger charge is -2.22. The van der Waals surface area contributed by atoms with E-state index in [1.165, 1.54) is 0 Å². The largest absolute Gasteiger partial charge is 0.468 e. The molecule has 1 atom stereocenters. The van der Waals surface area contributed by atoms with E-state index in [1.807, 2.05) is 0 Å². The molecule has 0 radical (unpaired) electrons. The van der Waals surface area contributed by atoms with Gasteiger partial charge in [-0.1, -0.05) is 0 Å². The molecule has 1 rings (SSSR count). The van der Waals surface area contributed by atoms with Crippen LogP contribution in [0.3, 0.4) is 0 Å². The van der Waals surface area contributed by atoms with Crippen LogP contribution in [0.4, 0.5) is 8.78 Å². The van der Waals surface area contributed by atoms with Gasteiger partial charge in [-0.25, -0.2) is 8.78 Å². The number of rotatable bonds is 6. The molecule has 112 valence electrons. The average molecular weight is 308 g/mol. The number of hydrogen-bond acceptors (Lipinski definition) is 5. The van der Waals surface area contributed by atoms with Crippen molar-refractivity contribution < 1.29 is 31.9 Å². The van der Waals surface area contributed by atoms with Crippen molar-refractivity contribution in [2.24, 2.45) is 0 Å². The van der Waals surface area contributed by atoms with Crippen molar-refractivity contribution in [2.75, 3.05) is 21.3 Å². The van der Waals surface area contributed by atoms with Gasteiger partial charge < -0.3 is 13.8 Å². The number of carbonyl (C=O) groups is 1. The van der Waals surface area contributed by atoms with E-state index in [0.29, 0.717) is 6.07 Å². The first-order chi connectivity index (χ1) is 9.36. The molecule has 0 aliphatic heterocycles. The second kappa shape index (κ2) is 6.92. The second-order valence-electron chi connectivity index (χ2n) is 3.93. The third-order valence-corrected chi connectivity index (χ3v) is 4.89. The molecule has 0 saturated heterocycles. The van der Waals surface area contributed by atoms with Gasteiger partial charge in [-0.15, -0.1) is 0 Å². The van der Waals surface area contributed by atoms with Gasteiger partial charge in [0.2, 0.25) is 0 Å². The van der Waals surface area contributed by atoms with Gasteiger partial charge in [-0.3, -0.25) is 9.36 Å².